The van der Waals surface area contributed by atoms with Crippen molar-refractivity contribution in [3.8, 4) is 28.7 Å². The zero-order valence-corrected chi connectivity index (χ0v) is 48.7. The number of thiophene rings is 4. The van der Waals surface area contributed by atoms with E-state index in [0.29, 0.717) is 35.9 Å². The van der Waals surface area contributed by atoms with E-state index in [1.165, 1.54) is 80.7 Å². The first-order valence-electron chi connectivity index (χ1n) is 28.2. The van der Waals surface area contributed by atoms with E-state index >= 15 is 0 Å². The van der Waals surface area contributed by atoms with E-state index in [1.807, 2.05) is 52.4 Å². The van der Waals surface area contributed by atoms with Crippen LogP contribution in [0.25, 0.3) is 153 Å². The maximum atomic E-state index is 5.65. The van der Waals surface area contributed by atoms with Crippen LogP contribution in [-0.2, 0) is 6.54 Å². The van der Waals surface area contributed by atoms with Gasteiger partial charge in [0.25, 0.3) is 0 Å². The van der Waals surface area contributed by atoms with Gasteiger partial charge in [-0.1, -0.05) is 121 Å². The molecule has 18 aromatic rings. The van der Waals surface area contributed by atoms with Gasteiger partial charge >= 0.3 is 0 Å². The highest BCUT2D eigenvalue weighted by Gasteiger charge is 2.25. The molecule has 1 N–H and O–H groups in total. The number of benzene rings is 11. The van der Waals surface area contributed by atoms with E-state index in [4.69, 9.17) is 24.9 Å². The number of amidine groups is 1. The maximum Gasteiger partial charge on any atom is 0.238 e. The summed E-state index contributed by atoms with van der Waals surface area (Å²) in [4.78, 5) is 27.7. The van der Waals surface area contributed by atoms with E-state index in [9.17, 15) is 0 Å². The van der Waals surface area contributed by atoms with E-state index in [0.717, 1.165) is 65.9 Å². The van der Waals surface area contributed by atoms with Gasteiger partial charge in [0.2, 0.25) is 11.9 Å². The Morgan fingerprint density at radius 3 is 1.45 bits per heavy atom. The van der Waals surface area contributed by atoms with E-state index in [1.54, 1.807) is 0 Å². The fourth-order valence-corrected chi connectivity index (χ4v) is 17.2. The minimum atomic E-state index is 0.442. The van der Waals surface area contributed by atoms with Crippen molar-refractivity contribution in [3.63, 3.8) is 0 Å². The second kappa shape index (κ2) is 19.0. The molecule has 0 amide bonds. The molecule has 0 saturated carbocycles. The molecule has 0 bridgehead atoms. The normalized spacial score (nSPS) is 12.7. The number of hydrogen-bond acceptors (Lipinski definition) is 8. The van der Waals surface area contributed by atoms with E-state index in [2.05, 4.69) is 245 Å². The number of para-hydroxylation sites is 2. The first-order chi connectivity index (χ1) is 42.0. The number of fused-ring (bicyclic) bond motifs is 19. The average Bonchev–Trinajstić information content (AvgIpc) is 2.39. The Bertz CT molecular complexity index is 5780. The SMILES string of the molecule is CN/C(=N\C(=N/Cc1ccc2sc3ccccc3c2c1)c1ccc2sc3ccccc3c2c1)n1c2ccccc2c2c1ccc1c3ccccc3n(-c3nc(-c4ccc5sc6ccccc6c5c4)nc(-c4ccc5sc6ccccc6c5c4)n3)c12. The quantitative estimate of drug-likeness (QED) is 0.133. The van der Waals surface area contributed by atoms with Gasteiger partial charge in [-0.25, -0.2) is 4.98 Å². The van der Waals surface area contributed by atoms with Gasteiger partial charge in [-0.3, -0.25) is 14.1 Å². The van der Waals surface area contributed by atoms with Crippen molar-refractivity contribution in [2.45, 2.75) is 6.54 Å². The molecule has 400 valence electrons. The Labute approximate surface area is 501 Å². The van der Waals surface area contributed by atoms with Crippen LogP contribution in [0.2, 0.25) is 0 Å². The summed E-state index contributed by atoms with van der Waals surface area (Å²) in [5.41, 5.74) is 7.85. The lowest BCUT2D eigenvalue weighted by atomic mass is 10.1. The predicted molar refractivity (Wildman–Crippen MR) is 365 cm³/mol. The topological polar surface area (TPSA) is 85.3 Å². The molecule has 0 spiro atoms. The van der Waals surface area contributed by atoms with Crippen molar-refractivity contribution in [2.75, 3.05) is 7.05 Å². The van der Waals surface area contributed by atoms with Crippen LogP contribution in [0, 0.1) is 0 Å². The van der Waals surface area contributed by atoms with Crippen LogP contribution in [0.4, 0.5) is 0 Å². The van der Waals surface area contributed by atoms with Gasteiger partial charge in [0, 0.05) is 126 Å². The molecule has 8 nitrogen and oxygen atoms in total. The molecular weight excluding hydrogens is 1120 g/mol. The number of nitrogens with zero attached hydrogens (tertiary/aromatic N) is 7. The number of rotatable bonds is 6. The van der Waals surface area contributed by atoms with Gasteiger partial charge in [0.15, 0.2) is 17.5 Å². The number of hydrogen-bond donors (Lipinski definition) is 1. The van der Waals surface area contributed by atoms with Crippen LogP contribution >= 0.6 is 45.3 Å². The third kappa shape index (κ3) is 7.66. The van der Waals surface area contributed by atoms with Crippen LogP contribution in [0.3, 0.4) is 0 Å². The fraction of sp³-hybridized carbons (Fsp3) is 0.0274. The van der Waals surface area contributed by atoms with E-state index < -0.39 is 0 Å². The zero-order valence-electron chi connectivity index (χ0n) is 45.4. The van der Waals surface area contributed by atoms with Crippen molar-refractivity contribution in [2.24, 2.45) is 9.98 Å². The van der Waals surface area contributed by atoms with Gasteiger partial charge in [-0.2, -0.15) is 15.0 Å². The summed E-state index contributed by atoms with van der Waals surface area (Å²) in [6.07, 6.45) is 0. The number of aromatic nitrogens is 5. The highest BCUT2D eigenvalue weighted by Crippen LogP contribution is 2.44. The lowest BCUT2D eigenvalue weighted by Gasteiger charge is -2.13. The summed E-state index contributed by atoms with van der Waals surface area (Å²) in [6, 6.07) is 83.0. The summed E-state index contributed by atoms with van der Waals surface area (Å²) < 4.78 is 14.5. The molecule has 7 heterocycles. The summed E-state index contributed by atoms with van der Waals surface area (Å²) in [6.45, 7) is 0.442. The third-order valence-electron chi connectivity index (χ3n) is 16.7. The van der Waals surface area contributed by atoms with Gasteiger partial charge < -0.3 is 5.32 Å². The Morgan fingerprint density at radius 1 is 0.400 bits per heavy atom. The molecule has 0 aliphatic heterocycles. The first kappa shape index (κ1) is 48.6. The molecule has 12 heteroatoms. The number of nitrogens with one attached hydrogen (secondary N) is 1. The van der Waals surface area contributed by atoms with Crippen LogP contribution in [0.1, 0.15) is 11.1 Å². The molecule has 85 heavy (non-hydrogen) atoms. The maximum absolute atomic E-state index is 5.65. The Hall–Kier alpha value is -9.95. The molecule has 11 aromatic carbocycles. The third-order valence-corrected chi connectivity index (χ3v) is 21.3. The molecule has 0 radical (unpaired) electrons. The van der Waals surface area contributed by atoms with Crippen molar-refractivity contribution >= 4 is 181 Å². The molecule has 0 aliphatic rings. The molecular formula is C73H44N8S4. The minimum Gasteiger partial charge on any atom is -0.358 e. The molecule has 0 saturated heterocycles. The van der Waals surface area contributed by atoms with Crippen LogP contribution in [-0.4, -0.2) is 42.9 Å². The molecule has 0 fully saturated rings. The number of aliphatic imine (C=N–C) groups is 2. The summed E-state index contributed by atoms with van der Waals surface area (Å²) in [5.74, 6) is 3.00. The lowest BCUT2D eigenvalue weighted by molar-refractivity contribution is 0.955. The van der Waals surface area contributed by atoms with Crippen molar-refractivity contribution in [1.29, 1.82) is 0 Å². The summed E-state index contributed by atoms with van der Waals surface area (Å²) in [5, 5.41) is 17.6. The van der Waals surface area contributed by atoms with Crippen molar-refractivity contribution in [3.05, 3.63) is 242 Å². The molecule has 0 aliphatic carbocycles. The predicted octanol–water partition coefficient (Wildman–Crippen LogP) is 20.0. The van der Waals surface area contributed by atoms with Gasteiger partial charge in [0.1, 0.15) is 0 Å². The monoisotopic (exact) mass is 1160 g/mol. The van der Waals surface area contributed by atoms with Gasteiger partial charge in [-0.05, 0) is 115 Å². The van der Waals surface area contributed by atoms with Gasteiger partial charge in [-0.15, -0.1) is 45.3 Å². The highest BCUT2D eigenvalue weighted by atomic mass is 32.1. The fourth-order valence-electron chi connectivity index (χ4n) is 12.8. The average molecular weight is 1160 g/mol. The Kier molecular flexibility index (Phi) is 10.9. The van der Waals surface area contributed by atoms with E-state index in [-0.39, 0.29) is 0 Å². The molecule has 7 aromatic heterocycles. The Morgan fingerprint density at radius 2 is 0.871 bits per heavy atom. The smallest absolute Gasteiger partial charge is 0.238 e. The standard InChI is InChI=1S/C73H44N8S4/c1-74-72(77-69(42-27-33-64-53(37-42)47-16-5-11-23-60(47)83-64)75-40-41-26-32-63-52(36-41)46-15-4-10-22-59(46)82-63)80-57-21-9-3-19-51(57)67-58(80)31-30-50-45-14-2-8-20-56(45)81(68(50)67)73-78-70(43-28-34-65-54(38-43)48-17-6-12-24-61(48)84-65)76-71(79-73)44-29-35-66-55(39-44)49-18-7-13-25-62(49)85-66/h2-39H,40H2,1H3,(H,74,75,77). The highest BCUT2D eigenvalue weighted by molar-refractivity contribution is 7.27. The largest absolute Gasteiger partial charge is 0.358 e. The zero-order chi connectivity index (χ0) is 55.9. The lowest BCUT2D eigenvalue weighted by Crippen LogP contribution is -2.28. The van der Waals surface area contributed by atoms with Crippen LogP contribution in [0.15, 0.2) is 241 Å². The first-order valence-corrected chi connectivity index (χ1v) is 31.5. The Balaban J connectivity index is 0.867. The second-order valence-corrected chi connectivity index (χ2v) is 25.9. The molecule has 18 rings (SSSR count). The van der Waals surface area contributed by atoms with Crippen molar-refractivity contribution in [1.82, 2.24) is 29.4 Å². The van der Waals surface area contributed by atoms with Crippen molar-refractivity contribution < 1.29 is 0 Å². The van der Waals surface area contributed by atoms with Crippen LogP contribution < -0.4 is 5.32 Å². The summed E-state index contributed by atoms with van der Waals surface area (Å²) in [7, 11) is 1.96. The summed E-state index contributed by atoms with van der Waals surface area (Å²) >= 11 is 7.26. The minimum absolute atomic E-state index is 0.442. The second-order valence-electron chi connectivity index (χ2n) is 21.5. The van der Waals surface area contributed by atoms with Gasteiger partial charge in [0.05, 0.1) is 28.6 Å². The molecule has 0 unspecified atom stereocenters. The van der Waals surface area contributed by atoms with Crippen LogP contribution in [0.5, 0.6) is 0 Å². The molecule has 0 atom stereocenters.